The molecule has 0 saturated carbocycles. The number of unbranched alkanes of at least 4 members (excludes halogenated alkanes) is 1. The van der Waals surface area contributed by atoms with Gasteiger partial charge in [-0.05, 0) is 79.1 Å². The van der Waals surface area contributed by atoms with Crippen LogP contribution in [0.25, 0.3) is 16.8 Å². The van der Waals surface area contributed by atoms with Crippen molar-refractivity contribution in [1.82, 2.24) is 10.2 Å². The van der Waals surface area contributed by atoms with Gasteiger partial charge in [-0.3, -0.25) is 0 Å². The van der Waals surface area contributed by atoms with Gasteiger partial charge in [0.25, 0.3) is 0 Å². The van der Waals surface area contributed by atoms with Gasteiger partial charge in [-0.2, -0.15) is 10.2 Å². The van der Waals surface area contributed by atoms with Gasteiger partial charge in [0, 0.05) is 5.56 Å². The van der Waals surface area contributed by atoms with Crippen LogP contribution in [0.15, 0.2) is 61.2 Å². The molecular weight excluding hydrogens is 328 g/mol. The van der Waals surface area contributed by atoms with Crippen LogP contribution in [-0.2, 0) is 12.8 Å². The second-order valence-electron chi connectivity index (χ2n) is 7.24. The Morgan fingerprint density at radius 3 is 2.44 bits per heavy atom. The molecule has 3 aromatic rings. The fourth-order valence-corrected chi connectivity index (χ4v) is 3.41. The summed E-state index contributed by atoms with van der Waals surface area (Å²) in [4.78, 5) is 0. The average Bonchev–Trinajstić information content (AvgIpc) is 2.68. The van der Waals surface area contributed by atoms with Crippen molar-refractivity contribution in [3.8, 4) is 11.3 Å². The van der Waals surface area contributed by atoms with Gasteiger partial charge in [0.1, 0.15) is 0 Å². The maximum atomic E-state index is 4.37. The second kappa shape index (κ2) is 8.77. The topological polar surface area (TPSA) is 25.8 Å². The highest BCUT2D eigenvalue weighted by molar-refractivity contribution is 5.69. The van der Waals surface area contributed by atoms with E-state index in [1.807, 2.05) is 19.1 Å². The van der Waals surface area contributed by atoms with E-state index in [1.54, 1.807) is 0 Å². The zero-order valence-electron chi connectivity index (χ0n) is 16.6. The van der Waals surface area contributed by atoms with Crippen molar-refractivity contribution < 1.29 is 0 Å². The molecule has 2 heteroatoms. The van der Waals surface area contributed by atoms with Crippen molar-refractivity contribution in [1.29, 1.82) is 0 Å². The normalized spacial score (nSPS) is 10.8. The van der Waals surface area contributed by atoms with Gasteiger partial charge in [-0.15, -0.1) is 0 Å². The van der Waals surface area contributed by atoms with Crippen LogP contribution < -0.4 is 0 Å². The largest absolute Gasteiger partial charge is 0.155 e. The van der Waals surface area contributed by atoms with Crippen LogP contribution in [0.2, 0.25) is 0 Å². The minimum Gasteiger partial charge on any atom is -0.155 e. The Hall–Kier alpha value is -2.74. The van der Waals surface area contributed by atoms with E-state index in [0.717, 1.165) is 29.8 Å². The van der Waals surface area contributed by atoms with Crippen molar-refractivity contribution in [3.05, 3.63) is 89.1 Å². The lowest BCUT2D eigenvalue weighted by atomic mass is 9.91. The van der Waals surface area contributed by atoms with Crippen LogP contribution in [-0.4, -0.2) is 10.2 Å². The lowest BCUT2D eigenvalue weighted by Crippen LogP contribution is -1.99. The average molecular weight is 357 g/mol. The fraction of sp³-hybridized carbons (Fsp3) is 0.280. The molecule has 1 heterocycles. The van der Waals surface area contributed by atoms with Gasteiger partial charge in [-0.1, -0.05) is 56.3 Å². The van der Waals surface area contributed by atoms with Crippen molar-refractivity contribution in [2.75, 3.05) is 0 Å². The maximum absolute atomic E-state index is 4.37. The van der Waals surface area contributed by atoms with E-state index < -0.39 is 0 Å². The maximum Gasteiger partial charge on any atom is 0.0929 e. The Labute approximate surface area is 163 Å². The van der Waals surface area contributed by atoms with Gasteiger partial charge in [0.05, 0.1) is 11.4 Å². The first-order chi connectivity index (χ1) is 13.1. The molecule has 2 aromatic carbocycles. The van der Waals surface area contributed by atoms with E-state index in [1.165, 1.54) is 40.7 Å². The van der Waals surface area contributed by atoms with Crippen molar-refractivity contribution in [2.24, 2.45) is 0 Å². The molecule has 0 aliphatic carbocycles. The molecule has 0 atom stereocenters. The van der Waals surface area contributed by atoms with E-state index >= 15 is 0 Å². The first kappa shape index (κ1) is 19.0. The number of hydrogen-bond donors (Lipinski definition) is 0. The van der Waals surface area contributed by atoms with Crippen molar-refractivity contribution in [2.45, 2.75) is 46.5 Å². The number of allylic oxidation sites excluding steroid dienone is 1. The zero-order chi connectivity index (χ0) is 19.2. The van der Waals surface area contributed by atoms with E-state index in [9.17, 15) is 0 Å². The molecule has 27 heavy (non-hydrogen) atoms. The van der Waals surface area contributed by atoms with Crippen LogP contribution >= 0.6 is 0 Å². The molecule has 0 saturated heterocycles. The summed E-state index contributed by atoms with van der Waals surface area (Å²) in [6, 6.07) is 19.2. The van der Waals surface area contributed by atoms with Gasteiger partial charge < -0.3 is 0 Å². The van der Waals surface area contributed by atoms with Gasteiger partial charge in [0.15, 0.2) is 0 Å². The van der Waals surface area contributed by atoms with Crippen LogP contribution in [0.5, 0.6) is 0 Å². The minimum absolute atomic E-state index is 0.879. The number of rotatable bonds is 7. The highest BCUT2D eigenvalue weighted by atomic mass is 15.1. The van der Waals surface area contributed by atoms with Gasteiger partial charge in [0.2, 0.25) is 0 Å². The van der Waals surface area contributed by atoms with E-state index in [2.05, 4.69) is 73.1 Å². The number of aromatic nitrogens is 2. The molecule has 2 nitrogen and oxygen atoms in total. The van der Waals surface area contributed by atoms with E-state index in [4.69, 9.17) is 0 Å². The molecule has 0 aliphatic rings. The monoisotopic (exact) mass is 356 g/mol. The highest BCUT2D eigenvalue weighted by Crippen LogP contribution is 2.27. The predicted octanol–water partition coefficient (Wildman–Crippen LogP) is 6.36. The number of aryl methyl sites for hydroxylation is 3. The highest BCUT2D eigenvalue weighted by Gasteiger charge is 2.10. The quantitative estimate of drug-likeness (QED) is 0.492. The third-order valence-corrected chi connectivity index (χ3v) is 5.03. The summed E-state index contributed by atoms with van der Waals surface area (Å²) in [5.41, 5.74) is 9.48. The van der Waals surface area contributed by atoms with E-state index in [0.29, 0.717) is 0 Å². The Kier molecular flexibility index (Phi) is 6.18. The summed E-state index contributed by atoms with van der Waals surface area (Å²) < 4.78 is 0. The molecule has 0 aliphatic heterocycles. The zero-order valence-corrected chi connectivity index (χ0v) is 16.6. The summed E-state index contributed by atoms with van der Waals surface area (Å²) in [6.45, 7) is 10.7. The summed E-state index contributed by atoms with van der Waals surface area (Å²) in [6.07, 6.45) is 4.34. The molecular formula is C25H28N2. The molecule has 0 bridgehead atoms. The molecule has 138 valence electrons. The van der Waals surface area contributed by atoms with Gasteiger partial charge >= 0.3 is 0 Å². The van der Waals surface area contributed by atoms with Crippen molar-refractivity contribution in [3.63, 3.8) is 0 Å². The lowest BCUT2D eigenvalue weighted by Gasteiger charge is -2.14. The second-order valence-corrected chi connectivity index (χ2v) is 7.24. The summed E-state index contributed by atoms with van der Waals surface area (Å²) in [5.74, 6) is 0. The Morgan fingerprint density at radius 1 is 0.926 bits per heavy atom. The van der Waals surface area contributed by atoms with E-state index in [-0.39, 0.29) is 0 Å². The Morgan fingerprint density at radius 2 is 1.74 bits per heavy atom. The molecule has 1 aromatic heterocycles. The lowest BCUT2D eigenvalue weighted by molar-refractivity contribution is 0.789. The van der Waals surface area contributed by atoms with Crippen molar-refractivity contribution >= 4 is 5.57 Å². The first-order valence-corrected chi connectivity index (χ1v) is 9.74. The molecule has 3 rings (SSSR count). The standard InChI is InChI=1S/C25H28N2/c1-5-6-10-21-17-23(25-15-12-20(4)26-27-25)14-13-22(21)16-19(3)24-11-8-7-9-18(24)2/h7-9,11-15,17H,3,5-6,10,16H2,1-2,4H3. The SMILES string of the molecule is C=C(Cc1ccc(-c2ccc(C)nn2)cc1CCCC)c1ccccc1C. The van der Waals surface area contributed by atoms with Crippen LogP contribution in [0.1, 0.15) is 47.7 Å². The third-order valence-electron chi connectivity index (χ3n) is 5.03. The van der Waals surface area contributed by atoms with Crippen LogP contribution in [0.3, 0.4) is 0 Å². The Bertz CT molecular complexity index is 923. The van der Waals surface area contributed by atoms with Gasteiger partial charge in [-0.25, -0.2) is 0 Å². The smallest absolute Gasteiger partial charge is 0.0929 e. The molecule has 0 spiro atoms. The fourth-order valence-electron chi connectivity index (χ4n) is 3.41. The molecule has 0 radical (unpaired) electrons. The molecule has 0 fully saturated rings. The predicted molar refractivity (Wildman–Crippen MR) is 115 cm³/mol. The first-order valence-electron chi connectivity index (χ1n) is 9.74. The number of hydrogen-bond acceptors (Lipinski definition) is 2. The summed E-state index contributed by atoms with van der Waals surface area (Å²) in [5, 5.41) is 8.56. The third kappa shape index (κ3) is 4.71. The number of benzene rings is 2. The number of nitrogens with zero attached hydrogens (tertiary/aromatic N) is 2. The minimum atomic E-state index is 0.879. The van der Waals surface area contributed by atoms with Crippen LogP contribution in [0.4, 0.5) is 0 Å². The summed E-state index contributed by atoms with van der Waals surface area (Å²) >= 11 is 0. The Balaban J connectivity index is 1.91. The molecule has 0 amide bonds. The van der Waals surface area contributed by atoms with Crippen LogP contribution in [0, 0.1) is 13.8 Å². The molecule has 0 unspecified atom stereocenters. The molecule has 0 N–H and O–H groups in total. The summed E-state index contributed by atoms with van der Waals surface area (Å²) in [7, 11) is 0.